The van der Waals surface area contributed by atoms with Crippen LogP contribution < -0.4 is 5.32 Å². The van der Waals surface area contributed by atoms with Crippen molar-refractivity contribution in [1.82, 2.24) is 30.4 Å². The van der Waals surface area contributed by atoms with Gasteiger partial charge in [0, 0.05) is 6.54 Å². The summed E-state index contributed by atoms with van der Waals surface area (Å²) in [7, 11) is 0. The smallest absolute Gasteiger partial charge is 0.209 e. The van der Waals surface area contributed by atoms with Gasteiger partial charge in [0.15, 0.2) is 0 Å². The second-order valence-electron chi connectivity index (χ2n) is 4.66. The molecular weight excluding hydrogens is 294 g/mol. The van der Waals surface area contributed by atoms with Crippen molar-refractivity contribution in [2.45, 2.75) is 49.6 Å². The zero-order chi connectivity index (χ0) is 13.8. The van der Waals surface area contributed by atoms with Gasteiger partial charge in [-0.15, -0.1) is 15.3 Å². The lowest BCUT2D eigenvalue weighted by atomic mass is 10.3. The zero-order valence-electron chi connectivity index (χ0n) is 11.3. The Kier molecular flexibility index (Phi) is 4.46. The summed E-state index contributed by atoms with van der Waals surface area (Å²) < 4.78 is 1.98. The van der Waals surface area contributed by atoms with E-state index in [1.807, 2.05) is 11.6 Å². The van der Waals surface area contributed by atoms with E-state index in [9.17, 15) is 0 Å². The van der Waals surface area contributed by atoms with E-state index in [4.69, 9.17) is 0 Å². The lowest BCUT2D eigenvalue weighted by Crippen LogP contribution is -2.08. The first-order chi connectivity index (χ1) is 9.86. The third-order valence-electron chi connectivity index (χ3n) is 3.25. The summed E-state index contributed by atoms with van der Waals surface area (Å²) in [6.07, 6.45) is 4.91. The van der Waals surface area contributed by atoms with Crippen LogP contribution in [0.25, 0.3) is 0 Å². The lowest BCUT2D eigenvalue weighted by Gasteiger charge is -2.09. The maximum atomic E-state index is 4.17. The van der Waals surface area contributed by atoms with Crippen LogP contribution in [0.3, 0.4) is 0 Å². The first-order valence-electron chi connectivity index (χ1n) is 6.83. The quantitative estimate of drug-likeness (QED) is 0.820. The van der Waals surface area contributed by atoms with Gasteiger partial charge in [-0.2, -0.15) is 0 Å². The fourth-order valence-electron chi connectivity index (χ4n) is 2.32. The standard InChI is InChI=1S/C11H17N7S2/c1-2-12-10-14-13-9(20-10)7-19-11-15-16-17-18(11)8-5-3-4-6-8/h8H,2-7H2,1H3,(H,12,14). The van der Waals surface area contributed by atoms with Crippen molar-refractivity contribution in [2.75, 3.05) is 11.9 Å². The summed E-state index contributed by atoms with van der Waals surface area (Å²) in [5.41, 5.74) is 0. The van der Waals surface area contributed by atoms with Gasteiger partial charge in [-0.25, -0.2) is 4.68 Å². The Balaban J connectivity index is 1.61. The van der Waals surface area contributed by atoms with Crippen molar-refractivity contribution >= 4 is 28.2 Å². The van der Waals surface area contributed by atoms with Gasteiger partial charge in [0.05, 0.1) is 11.8 Å². The molecular formula is C11H17N7S2. The molecule has 0 aliphatic heterocycles. The molecule has 1 N–H and O–H groups in total. The van der Waals surface area contributed by atoms with Gasteiger partial charge in [-0.3, -0.25) is 0 Å². The monoisotopic (exact) mass is 311 g/mol. The van der Waals surface area contributed by atoms with Gasteiger partial charge in [0.2, 0.25) is 10.3 Å². The molecule has 20 heavy (non-hydrogen) atoms. The molecule has 2 heterocycles. The fraction of sp³-hybridized carbons (Fsp3) is 0.727. The molecule has 2 aromatic rings. The fourth-order valence-corrected chi connectivity index (χ4v) is 4.06. The van der Waals surface area contributed by atoms with E-state index in [-0.39, 0.29) is 0 Å². The number of tetrazole rings is 1. The number of hydrogen-bond acceptors (Lipinski definition) is 8. The Labute approximate surface area is 125 Å². The SMILES string of the molecule is CCNc1nnc(CSc2nnnn2C2CCCC2)s1. The average Bonchev–Trinajstić information content (AvgIpc) is 3.18. The highest BCUT2D eigenvalue weighted by Crippen LogP contribution is 2.32. The van der Waals surface area contributed by atoms with Crippen molar-refractivity contribution in [3.05, 3.63) is 5.01 Å². The summed E-state index contributed by atoms with van der Waals surface area (Å²) in [6.45, 7) is 2.91. The highest BCUT2D eigenvalue weighted by Gasteiger charge is 2.21. The van der Waals surface area contributed by atoms with Gasteiger partial charge < -0.3 is 5.32 Å². The van der Waals surface area contributed by atoms with E-state index in [0.717, 1.165) is 27.6 Å². The van der Waals surface area contributed by atoms with Crippen LogP contribution in [-0.4, -0.2) is 36.9 Å². The second-order valence-corrected chi connectivity index (χ2v) is 6.67. The topological polar surface area (TPSA) is 81.4 Å². The first-order valence-corrected chi connectivity index (χ1v) is 8.64. The van der Waals surface area contributed by atoms with Crippen LogP contribution in [0.15, 0.2) is 5.16 Å². The largest absolute Gasteiger partial charge is 0.360 e. The maximum Gasteiger partial charge on any atom is 0.209 e. The molecule has 7 nitrogen and oxygen atoms in total. The summed E-state index contributed by atoms with van der Waals surface area (Å²) in [5.74, 6) is 0.760. The van der Waals surface area contributed by atoms with Crippen molar-refractivity contribution < 1.29 is 0 Å². The third-order valence-corrected chi connectivity index (χ3v) is 5.26. The van der Waals surface area contributed by atoms with Gasteiger partial charge in [0.1, 0.15) is 5.01 Å². The van der Waals surface area contributed by atoms with Crippen LogP contribution in [0, 0.1) is 0 Å². The van der Waals surface area contributed by atoms with Crippen LogP contribution in [0.2, 0.25) is 0 Å². The number of nitrogens with zero attached hydrogens (tertiary/aromatic N) is 6. The molecule has 2 aromatic heterocycles. The number of hydrogen-bond donors (Lipinski definition) is 1. The Morgan fingerprint density at radius 1 is 1.30 bits per heavy atom. The van der Waals surface area contributed by atoms with Crippen LogP contribution >= 0.6 is 23.1 Å². The Bertz CT molecular complexity index is 546. The predicted molar refractivity (Wildman–Crippen MR) is 79.0 cm³/mol. The Morgan fingerprint density at radius 2 is 2.15 bits per heavy atom. The van der Waals surface area contributed by atoms with E-state index in [1.54, 1.807) is 23.1 Å². The number of nitrogens with one attached hydrogen (secondary N) is 1. The second kappa shape index (κ2) is 6.49. The van der Waals surface area contributed by atoms with Crippen LogP contribution in [0.5, 0.6) is 0 Å². The molecule has 0 spiro atoms. The van der Waals surface area contributed by atoms with E-state index in [2.05, 4.69) is 31.0 Å². The molecule has 0 atom stereocenters. The van der Waals surface area contributed by atoms with Crippen LogP contribution in [0.4, 0.5) is 5.13 Å². The highest BCUT2D eigenvalue weighted by molar-refractivity contribution is 7.98. The minimum absolute atomic E-state index is 0.472. The number of thioether (sulfide) groups is 1. The Hall–Kier alpha value is -1.22. The summed E-state index contributed by atoms with van der Waals surface area (Å²) in [4.78, 5) is 0. The van der Waals surface area contributed by atoms with Crippen LogP contribution in [0.1, 0.15) is 43.7 Å². The number of rotatable bonds is 6. The molecule has 1 aliphatic carbocycles. The van der Waals surface area contributed by atoms with E-state index >= 15 is 0 Å². The predicted octanol–water partition coefficient (Wildman–Crippen LogP) is 2.36. The van der Waals surface area contributed by atoms with E-state index in [1.165, 1.54) is 25.7 Å². The lowest BCUT2D eigenvalue weighted by molar-refractivity contribution is 0.423. The molecule has 0 aromatic carbocycles. The summed E-state index contributed by atoms with van der Waals surface area (Å²) in [6, 6.07) is 0.472. The number of anilines is 1. The van der Waals surface area contributed by atoms with Crippen molar-refractivity contribution in [3.63, 3.8) is 0 Å². The average molecular weight is 311 g/mol. The van der Waals surface area contributed by atoms with Gasteiger partial charge in [0.25, 0.3) is 0 Å². The van der Waals surface area contributed by atoms with Crippen molar-refractivity contribution in [1.29, 1.82) is 0 Å². The molecule has 1 fully saturated rings. The maximum absolute atomic E-state index is 4.17. The van der Waals surface area contributed by atoms with Crippen molar-refractivity contribution in [3.8, 4) is 0 Å². The van der Waals surface area contributed by atoms with Crippen LogP contribution in [-0.2, 0) is 5.75 Å². The summed E-state index contributed by atoms with van der Waals surface area (Å²) in [5, 5.41) is 26.3. The van der Waals surface area contributed by atoms with Crippen molar-refractivity contribution in [2.24, 2.45) is 0 Å². The van der Waals surface area contributed by atoms with Gasteiger partial charge in [-0.05, 0) is 30.2 Å². The van der Waals surface area contributed by atoms with Gasteiger partial charge in [-0.1, -0.05) is 35.9 Å². The molecule has 3 rings (SSSR count). The molecule has 0 unspecified atom stereocenters. The zero-order valence-corrected chi connectivity index (χ0v) is 13.0. The van der Waals surface area contributed by atoms with E-state index in [0.29, 0.717) is 6.04 Å². The number of aromatic nitrogens is 6. The molecule has 1 saturated carbocycles. The highest BCUT2D eigenvalue weighted by atomic mass is 32.2. The molecule has 0 bridgehead atoms. The Morgan fingerprint density at radius 3 is 2.95 bits per heavy atom. The summed E-state index contributed by atoms with van der Waals surface area (Å²) >= 11 is 3.22. The molecule has 9 heteroatoms. The molecule has 0 amide bonds. The third kappa shape index (κ3) is 3.09. The van der Waals surface area contributed by atoms with E-state index < -0.39 is 0 Å². The minimum Gasteiger partial charge on any atom is -0.360 e. The molecule has 0 saturated heterocycles. The molecule has 108 valence electrons. The minimum atomic E-state index is 0.472. The van der Waals surface area contributed by atoms with Gasteiger partial charge >= 0.3 is 0 Å². The molecule has 1 aliphatic rings. The molecule has 0 radical (unpaired) electrons. The first kappa shape index (κ1) is 13.7. The normalized spacial score (nSPS) is 15.8.